The van der Waals surface area contributed by atoms with Crippen molar-refractivity contribution in [1.82, 2.24) is 15.3 Å². The van der Waals surface area contributed by atoms with Gasteiger partial charge in [-0.25, -0.2) is 9.97 Å². The molecule has 1 saturated heterocycles. The number of hydrogen-bond donors (Lipinski definition) is 2. The van der Waals surface area contributed by atoms with E-state index in [0.717, 1.165) is 25.9 Å². The Balaban J connectivity index is 2.05. The van der Waals surface area contributed by atoms with Crippen LogP contribution in [0.5, 0.6) is 5.88 Å². The van der Waals surface area contributed by atoms with Crippen LogP contribution >= 0.6 is 15.9 Å². The number of aromatic nitrogens is 2. The number of hydrogen-bond acceptors (Lipinski definition) is 5. The van der Waals surface area contributed by atoms with E-state index < -0.39 is 0 Å². The lowest BCUT2D eigenvalue weighted by molar-refractivity contribution is 0.156. The van der Waals surface area contributed by atoms with Gasteiger partial charge in [-0.15, -0.1) is 0 Å². The van der Waals surface area contributed by atoms with Crippen molar-refractivity contribution in [2.24, 2.45) is 0 Å². The largest absolute Gasteiger partial charge is 0.472 e. The van der Waals surface area contributed by atoms with E-state index in [0.29, 0.717) is 16.3 Å². The summed E-state index contributed by atoms with van der Waals surface area (Å²) >= 11 is 3.24. The average molecular weight is 273 g/mol. The van der Waals surface area contributed by atoms with Gasteiger partial charge in [0.1, 0.15) is 10.7 Å². The fraction of sp³-hybridized carbons (Fsp3) is 0.556. The molecule has 15 heavy (non-hydrogen) atoms. The van der Waals surface area contributed by atoms with E-state index in [9.17, 15) is 0 Å². The molecular weight excluding hydrogens is 260 g/mol. The highest BCUT2D eigenvalue weighted by atomic mass is 79.9. The fourth-order valence-corrected chi connectivity index (χ4v) is 1.78. The number of rotatable bonds is 2. The van der Waals surface area contributed by atoms with Crippen LogP contribution in [0.15, 0.2) is 10.8 Å². The highest BCUT2D eigenvalue weighted by Crippen LogP contribution is 2.21. The van der Waals surface area contributed by atoms with E-state index in [1.54, 1.807) is 6.20 Å². The van der Waals surface area contributed by atoms with Crippen LogP contribution in [-0.2, 0) is 0 Å². The predicted octanol–water partition coefficient (Wildman–Crippen LogP) is 0.952. The van der Waals surface area contributed by atoms with Crippen molar-refractivity contribution >= 4 is 21.7 Å². The van der Waals surface area contributed by atoms with Crippen LogP contribution in [0.3, 0.4) is 0 Å². The van der Waals surface area contributed by atoms with Gasteiger partial charge in [0.15, 0.2) is 5.82 Å². The Labute approximate surface area is 96.6 Å². The first-order valence-corrected chi connectivity index (χ1v) is 5.70. The zero-order valence-corrected chi connectivity index (χ0v) is 9.83. The molecule has 0 aliphatic carbocycles. The number of nitrogens with one attached hydrogen (secondary N) is 1. The molecule has 1 aliphatic rings. The van der Waals surface area contributed by atoms with Crippen LogP contribution in [0, 0.1) is 0 Å². The Morgan fingerprint density at radius 2 is 2.20 bits per heavy atom. The summed E-state index contributed by atoms with van der Waals surface area (Å²) in [4.78, 5) is 8.13. The minimum Gasteiger partial charge on any atom is -0.472 e. The molecule has 1 aromatic heterocycles. The van der Waals surface area contributed by atoms with Crippen LogP contribution in [0.2, 0.25) is 0 Å². The van der Waals surface area contributed by atoms with E-state index in [1.807, 2.05) is 0 Å². The molecule has 1 aliphatic heterocycles. The Kier molecular flexibility index (Phi) is 3.37. The summed E-state index contributed by atoms with van der Waals surface area (Å²) < 4.78 is 6.34. The minimum atomic E-state index is 0.192. The molecule has 0 aromatic carbocycles. The first-order chi connectivity index (χ1) is 7.25. The third kappa shape index (κ3) is 2.79. The Morgan fingerprint density at radius 1 is 1.47 bits per heavy atom. The van der Waals surface area contributed by atoms with E-state index >= 15 is 0 Å². The lowest BCUT2D eigenvalue weighted by Gasteiger charge is -2.23. The highest BCUT2D eigenvalue weighted by Gasteiger charge is 2.16. The zero-order chi connectivity index (χ0) is 10.7. The molecule has 0 bridgehead atoms. The maximum Gasteiger partial charge on any atom is 0.258 e. The molecule has 6 heteroatoms. The van der Waals surface area contributed by atoms with Gasteiger partial charge in [-0.05, 0) is 41.9 Å². The lowest BCUT2D eigenvalue weighted by Crippen LogP contribution is -2.34. The van der Waals surface area contributed by atoms with Crippen LogP contribution in [0.25, 0.3) is 0 Å². The van der Waals surface area contributed by atoms with Gasteiger partial charge in [-0.3, -0.25) is 0 Å². The molecular formula is C9H13BrN4O. The summed E-state index contributed by atoms with van der Waals surface area (Å²) in [5.74, 6) is 0.771. The molecule has 2 rings (SSSR count). The molecule has 5 nitrogen and oxygen atoms in total. The molecule has 1 fully saturated rings. The molecule has 0 spiro atoms. The van der Waals surface area contributed by atoms with Gasteiger partial charge in [0.25, 0.3) is 5.88 Å². The van der Waals surface area contributed by atoms with Crippen LogP contribution in [0.4, 0.5) is 5.82 Å². The second-order valence-electron chi connectivity index (χ2n) is 3.45. The zero-order valence-electron chi connectivity index (χ0n) is 8.24. The monoisotopic (exact) mass is 272 g/mol. The van der Waals surface area contributed by atoms with E-state index in [-0.39, 0.29) is 6.10 Å². The van der Waals surface area contributed by atoms with Gasteiger partial charge >= 0.3 is 0 Å². The number of halogens is 1. The van der Waals surface area contributed by atoms with Crippen molar-refractivity contribution in [1.29, 1.82) is 0 Å². The number of nitrogens with two attached hydrogens (primary N) is 1. The molecule has 82 valence electrons. The van der Waals surface area contributed by atoms with Crippen LogP contribution in [0.1, 0.15) is 12.8 Å². The normalized spacial score (nSPS) is 17.7. The number of nitrogen functional groups attached to an aromatic ring is 1. The third-order valence-electron chi connectivity index (χ3n) is 2.30. The maximum absolute atomic E-state index is 5.70. The van der Waals surface area contributed by atoms with Crippen molar-refractivity contribution in [3.63, 3.8) is 0 Å². The van der Waals surface area contributed by atoms with Crippen molar-refractivity contribution in [2.45, 2.75) is 18.9 Å². The summed E-state index contributed by atoms with van der Waals surface area (Å²) in [7, 11) is 0. The van der Waals surface area contributed by atoms with Gasteiger partial charge in [-0.1, -0.05) is 0 Å². The van der Waals surface area contributed by atoms with E-state index in [4.69, 9.17) is 10.5 Å². The quantitative estimate of drug-likeness (QED) is 0.839. The summed E-state index contributed by atoms with van der Waals surface area (Å²) in [6.07, 6.45) is 3.71. The molecule has 0 unspecified atom stereocenters. The Hall–Kier alpha value is -0.880. The topological polar surface area (TPSA) is 73.1 Å². The number of piperidine rings is 1. The summed E-state index contributed by atoms with van der Waals surface area (Å²) in [6.45, 7) is 1.96. The first-order valence-electron chi connectivity index (χ1n) is 4.91. The minimum absolute atomic E-state index is 0.192. The van der Waals surface area contributed by atoms with E-state index in [2.05, 4.69) is 31.2 Å². The van der Waals surface area contributed by atoms with Gasteiger partial charge in [-0.2, -0.15) is 0 Å². The van der Waals surface area contributed by atoms with Gasteiger partial charge in [0.05, 0.1) is 6.20 Å². The molecule has 0 atom stereocenters. The average Bonchev–Trinajstić information content (AvgIpc) is 2.25. The smallest absolute Gasteiger partial charge is 0.258 e. The van der Waals surface area contributed by atoms with Crippen molar-refractivity contribution in [3.05, 3.63) is 10.8 Å². The molecule has 0 saturated carbocycles. The second-order valence-corrected chi connectivity index (χ2v) is 4.26. The summed E-state index contributed by atoms with van der Waals surface area (Å²) in [5, 5.41) is 3.27. The Morgan fingerprint density at radius 3 is 2.93 bits per heavy atom. The molecule has 1 aromatic rings. The molecule has 2 heterocycles. The SMILES string of the molecule is Nc1ncc(Br)nc1OC1CCNCC1. The molecule has 0 amide bonds. The van der Waals surface area contributed by atoms with Crippen molar-refractivity contribution in [3.8, 4) is 5.88 Å². The molecule has 0 radical (unpaired) electrons. The predicted molar refractivity (Wildman–Crippen MR) is 60.7 cm³/mol. The number of nitrogens with zero attached hydrogens (tertiary/aromatic N) is 2. The van der Waals surface area contributed by atoms with Crippen LogP contribution in [-0.4, -0.2) is 29.2 Å². The van der Waals surface area contributed by atoms with Gasteiger partial charge in [0.2, 0.25) is 0 Å². The van der Waals surface area contributed by atoms with Gasteiger partial charge in [0, 0.05) is 0 Å². The fourth-order valence-electron chi connectivity index (χ4n) is 1.52. The van der Waals surface area contributed by atoms with Gasteiger partial charge < -0.3 is 15.8 Å². The second kappa shape index (κ2) is 4.76. The summed E-state index contributed by atoms with van der Waals surface area (Å²) in [5.41, 5.74) is 5.67. The third-order valence-corrected chi connectivity index (χ3v) is 2.68. The first kappa shape index (κ1) is 10.6. The lowest BCUT2D eigenvalue weighted by atomic mass is 10.1. The highest BCUT2D eigenvalue weighted by molar-refractivity contribution is 9.10. The van der Waals surface area contributed by atoms with Crippen LogP contribution < -0.4 is 15.8 Å². The summed E-state index contributed by atoms with van der Waals surface area (Å²) in [6, 6.07) is 0. The van der Waals surface area contributed by atoms with E-state index in [1.165, 1.54) is 0 Å². The molecule has 3 N–H and O–H groups in total. The maximum atomic E-state index is 5.70. The number of anilines is 1. The Bertz CT molecular complexity index is 341. The van der Waals surface area contributed by atoms with Crippen molar-refractivity contribution in [2.75, 3.05) is 18.8 Å². The number of ether oxygens (including phenoxy) is 1. The standard InChI is InChI=1S/C9H13BrN4O/c10-7-5-13-8(11)9(14-7)15-6-1-3-12-4-2-6/h5-6,12H,1-4H2,(H2,11,13). The van der Waals surface area contributed by atoms with Crippen molar-refractivity contribution < 1.29 is 4.74 Å².